The Bertz CT molecular complexity index is 1360. The number of hydrogen-bond acceptors (Lipinski definition) is 8. The third-order valence-corrected chi connectivity index (χ3v) is 8.69. The maximum absolute atomic E-state index is 13.6. The molecule has 5 aliphatic rings. The zero-order valence-electron chi connectivity index (χ0n) is 21.7. The molecular weight excluding hydrogens is 535 g/mol. The molecule has 2 aromatic rings. The minimum absolute atomic E-state index is 0.140. The molecule has 2 saturated carbocycles. The molecule has 2 aliphatic carbocycles. The van der Waals surface area contributed by atoms with E-state index in [1.807, 2.05) is 0 Å². The zero-order valence-corrected chi connectivity index (χ0v) is 21.7. The van der Waals surface area contributed by atoms with E-state index in [-0.39, 0.29) is 16.7 Å². The Labute approximate surface area is 227 Å². The van der Waals surface area contributed by atoms with E-state index in [0.717, 1.165) is 57.4 Å². The van der Waals surface area contributed by atoms with Crippen LogP contribution in [0.2, 0.25) is 0 Å². The second-order valence-corrected chi connectivity index (χ2v) is 11.4. The molecule has 1 amide bonds. The largest absolute Gasteiger partial charge is 0.423 e. The number of benzene rings is 1. The van der Waals surface area contributed by atoms with Crippen molar-refractivity contribution in [3.8, 4) is 0 Å². The van der Waals surface area contributed by atoms with E-state index in [9.17, 15) is 22.8 Å². The summed E-state index contributed by atoms with van der Waals surface area (Å²) in [6, 6.07) is 4.08. The van der Waals surface area contributed by atoms with Crippen LogP contribution in [-0.4, -0.2) is 48.2 Å². The Kier molecular flexibility index (Phi) is 6.28. The first kappa shape index (κ1) is 26.4. The second kappa shape index (κ2) is 9.52. The minimum atomic E-state index is -4.74. The van der Waals surface area contributed by atoms with Gasteiger partial charge in [0.05, 0.1) is 5.56 Å². The van der Waals surface area contributed by atoms with Gasteiger partial charge < -0.3 is 33.4 Å². The fourth-order valence-electron chi connectivity index (χ4n) is 6.86. The van der Waals surface area contributed by atoms with Gasteiger partial charge in [0.1, 0.15) is 23.9 Å². The standard InChI is InChI=1S/C28H30F3NO8/c29-28(30,31)17-14-19(33)35-18-13-15(7-8-16(17)18)32-24(34)22-20-21(38-26(37-20)9-3-1-4-10-26)23-25(36-22)40-27(39-23)11-5-2-6-12-27/h7-8,13-14,20-23,25H,1-6,9-12H2,(H,32,34)/t20-,21+,22+,23+,25+/m0/s1. The highest BCUT2D eigenvalue weighted by atomic mass is 19.4. The van der Waals surface area contributed by atoms with Gasteiger partial charge in [0, 0.05) is 48.9 Å². The number of halogens is 3. The predicted molar refractivity (Wildman–Crippen MR) is 132 cm³/mol. The fraction of sp³-hybridized carbons (Fsp3) is 0.643. The van der Waals surface area contributed by atoms with Crippen molar-refractivity contribution in [2.45, 2.75) is 113 Å². The number of alkyl halides is 3. The quantitative estimate of drug-likeness (QED) is 0.508. The van der Waals surface area contributed by atoms with Gasteiger partial charge in [-0.2, -0.15) is 13.2 Å². The van der Waals surface area contributed by atoms with Gasteiger partial charge in [-0.3, -0.25) is 4.79 Å². The van der Waals surface area contributed by atoms with E-state index in [1.165, 1.54) is 12.1 Å². The average molecular weight is 566 g/mol. The molecule has 5 fully saturated rings. The number of anilines is 1. The zero-order chi connectivity index (χ0) is 27.7. The van der Waals surface area contributed by atoms with Crippen molar-refractivity contribution < 1.29 is 46.1 Å². The lowest BCUT2D eigenvalue weighted by Crippen LogP contribution is -2.58. The van der Waals surface area contributed by atoms with Crippen LogP contribution < -0.4 is 10.9 Å². The Morgan fingerprint density at radius 3 is 2.12 bits per heavy atom. The minimum Gasteiger partial charge on any atom is -0.423 e. The van der Waals surface area contributed by atoms with Crippen LogP contribution in [0.15, 0.2) is 33.5 Å². The van der Waals surface area contributed by atoms with Crippen molar-refractivity contribution in [2.75, 3.05) is 5.32 Å². The number of amides is 1. The van der Waals surface area contributed by atoms with Crippen LogP contribution in [0.3, 0.4) is 0 Å². The van der Waals surface area contributed by atoms with Crippen LogP contribution in [0.5, 0.6) is 0 Å². The van der Waals surface area contributed by atoms with Crippen molar-refractivity contribution in [3.63, 3.8) is 0 Å². The summed E-state index contributed by atoms with van der Waals surface area (Å²) in [4.78, 5) is 25.4. The molecule has 3 saturated heterocycles. The van der Waals surface area contributed by atoms with Crippen molar-refractivity contribution in [1.82, 2.24) is 0 Å². The SMILES string of the molecule is O=C(Nc1ccc2c(C(F)(F)F)cc(=O)oc2c1)[C@@H]1O[C@@H]2OC3(CCCCC3)O[C@@H]2[C@@H]2OC3(CCCCC3)O[C@@H]21. The second-order valence-electron chi connectivity index (χ2n) is 11.4. The molecule has 1 N–H and O–H groups in total. The number of hydrogen-bond donors (Lipinski definition) is 1. The van der Waals surface area contributed by atoms with E-state index >= 15 is 0 Å². The normalized spacial score (nSPS) is 32.7. The van der Waals surface area contributed by atoms with E-state index < -0.39 is 65.6 Å². The number of carbonyl (C=O) groups excluding carboxylic acids is 1. The first-order chi connectivity index (χ1) is 19.1. The maximum atomic E-state index is 13.6. The molecular formula is C28H30F3NO8. The van der Waals surface area contributed by atoms with Crippen LogP contribution in [0.1, 0.15) is 69.8 Å². The van der Waals surface area contributed by atoms with E-state index in [4.69, 9.17) is 28.1 Å². The molecule has 1 aromatic carbocycles. The number of nitrogens with one attached hydrogen (secondary N) is 1. The lowest BCUT2D eigenvalue weighted by atomic mass is 9.94. The summed E-state index contributed by atoms with van der Waals surface area (Å²) >= 11 is 0. The van der Waals surface area contributed by atoms with Crippen molar-refractivity contribution in [3.05, 3.63) is 40.2 Å². The van der Waals surface area contributed by atoms with Crippen LogP contribution in [0.25, 0.3) is 11.0 Å². The smallest absolute Gasteiger partial charge is 0.417 e. The molecule has 5 atom stereocenters. The summed E-state index contributed by atoms with van der Waals surface area (Å²) in [5.41, 5.74) is -2.41. The number of carbonyl (C=O) groups is 1. The van der Waals surface area contributed by atoms with Crippen LogP contribution in [-0.2, 0) is 34.7 Å². The third kappa shape index (κ3) is 4.53. The third-order valence-electron chi connectivity index (χ3n) is 8.69. The Morgan fingerprint density at radius 1 is 0.825 bits per heavy atom. The monoisotopic (exact) mass is 565 g/mol. The molecule has 4 heterocycles. The molecule has 2 spiro atoms. The Hall–Kier alpha value is -2.51. The molecule has 12 heteroatoms. The lowest BCUT2D eigenvalue weighted by Gasteiger charge is -2.36. The summed E-state index contributed by atoms with van der Waals surface area (Å²) in [5, 5.41) is 2.41. The topological polar surface area (TPSA) is 105 Å². The molecule has 40 heavy (non-hydrogen) atoms. The van der Waals surface area contributed by atoms with Crippen molar-refractivity contribution in [1.29, 1.82) is 0 Å². The molecule has 3 aliphatic heterocycles. The van der Waals surface area contributed by atoms with Crippen LogP contribution in [0.4, 0.5) is 18.9 Å². The summed E-state index contributed by atoms with van der Waals surface area (Å²) in [7, 11) is 0. The first-order valence-electron chi connectivity index (χ1n) is 14.0. The van der Waals surface area contributed by atoms with E-state index in [1.54, 1.807) is 0 Å². The summed E-state index contributed by atoms with van der Waals surface area (Å²) in [6.45, 7) is 0. The van der Waals surface area contributed by atoms with Gasteiger partial charge in [-0.25, -0.2) is 4.79 Å². The molecule has 9 nitrogen and oxygen atoms in total. The fourth-order valence-corrected chi connectivity index (χ4v) is 6.86. The highest BCUT2D eigenvalue weighted by Gasteiger charge is 2.65. The first-order valence-corrected chi connectivity index (χ1v) is 14.0. The maximum Gasteiger partial charge on any atom is 0.417 e. The lowest BCUT2D eigenvalue weighted by molar-refractivity contribution is -0.246. The summed E-state index contributed by atoms with van der Waals surface area (Å²) in [6.07, 6.45) is 0.231. The van der Waals surface area contributed by atoms with Crippen LogP contribution in [0, 0.1) is 0 Å². The van der Waals surface area contributed by atoms with Gasteiger partial charge in [0.15, 0.2) is 24.0 Å². The predicted octanol–water partition coefficient (Wildman–Crippen LogP) is 5.00. The Balaban J connectivity index is 1.17. The molecule has 216 valence electrons. The number of fused-ring (bicyclic) bond motifs is 4. The van der Waals surface area contributed by atoms with Crippen molar-refractivity contribution in [2.24, 2.45) is 0 Å². The van der Waals surface area contributed by atoms with Crippen LogP contribution >= 0.6 is 0 Å². The number of ether oxygens (including phenoxy) is 5. The van der Waals surface area contributed by atoms with Gasteiger partial charge in [-0.1, -0.05) is 12.8 Å². The van der Waals surface area contributed by atoms with Gasteiger partial charge in [-0.05, 0) is 37.8 Å². The summed E-state index contributed by atoms with van der Waals surface area (Å²) in [5.74, 6) is -2.18. The summed E-state index contributed by atoms with van der Waals surface area (Å²) < 4.78 is 77.4. The number of rotatable bonds is 2. The van der Waals surface area contributed by atoms with Gasteiger partial charge in [-0.15, -0.1) is 0 Å². The molecule has 0 unspecified atom stereocenters. The molecule has 1 aromatic heterocycles. The average Bonchev–Trinajstić information content (AvgIpc) is 3.45. The van der Waals surface area contributed by atoms with Gasteiger partial charge in [0.2, 0.25) is 0 Å². The Morgan fingerprint density at radius 2 is 1.45 bits per heavy atom. The molecule has 7 rings (SSSR count). The highest BCUT2D eigenvalue weighted by Crippen LogP contribution is 2.51. The van der Waals surface area contributed by atoms with Gasteiger partial charge in [0.25, 0.3) is 5.91 Å². The highest BCUT2D eigenvalue weighted by molar-refractivity contribution is 5.97. The molecule has 0 radical (unpaired) electrons. The van der Waals surface area contributed by atoms with Gasteiger partial charge >= 0.3 is 11.8 Å². The van der Waals surface area contributed by atoms with E-state index in [0.29, 0.717) is 18.9 Å². The van der Waals surface area contributed by atoms with Crippen molar-refractivity contribution >= 4 is 22.6 Å². The molecule has 0 bridgehead atoms. The van der Waals surface area contributed by atoms with E-state index in [2.05, 4.69) is 5.32 Å².